The molecule has 1 atom stereocenters. The van der Waals surface area contributed by atoms with Gasteiger partial charge in [0.05, 0.1) is 11.3 Å². The number of rotatable bonds is 2. The van der Waals surface area contributed by atoms with Crippen LogP contribution in [0.15, 0.2) is 40.3 Å². The Balaban J connectivity index is 1.85. The van der Waals surface area contributed by atoms with E-state index in [2.05, 4.69) is 42.9 Å². The minimum absolute atomic E-state index is 0.113. The van der Waals surface area contributed by atoms with E-state index in [0.29, 0.717) is 6.61 Å². The van der Waals surface area contributed by atoms with E-state index < -0.39 is 0 Å². The van der Waals surface area contributed by atoms with E-state index in [1.54, 1.807) is 0 Å². The summed E-state index contributed by atoms with van der Waals surface area (Å²) in [6.07, 6.45) is 0. The summed E-state index contributed by atoms with van der Waals surface area (Å²) in [6.45, 7) is 6.87. The number of hydrogen-bond acceptors (Lipinski definition) is 3. The zero-order valence-electron chi connectivity index (χ0n) is 10.4. The van der Waals surface area contributed by atoms with Crippen molar-refractivity contribution in [3.05, 3.63) is 35.9 Å². The summed E-state index contributed by atoms with van der Waals surface area (Å²) in [4.78, 5) is 9.18. The van der Waals surface area contributed by atoms with Crippen LogP contribution >= 0.6 is 0 Å². The molecule has 1 aromatic rings. The molecule has 0 radical (unpaired) electrons. The summed E-state index contributed by atoms with van der Waals surface area (Å²) in [7, 11) is 0. The van der Waals surface area contributed by atoms with Crippen LogP contribution in [0.1, 0.15) is 26.3 Å². The molecule has 1 aromatic carbocycles. The molecular weight excluding hydrogens is 212 g/mol. The molecule has 0 aromatic heterocycles. The average molecular weight is 228 g/mol. The molecule has 0 bridgehead atoms. The van der Waals surface area contributed by atoms with E-state index >= 15 is 0 Å². The third kappa shape index (κ3) is 1.66. The van der Waals surface area contributed by atoms with Gasteiger partial charge in [0.2, 0.25) is 5.90 Å². The van der Waals surface area contributed by atoms with Gasteiger partial charge in [-0.2, -0.15) is 0 Å². The smallest absolute Gasteiger partial charge is 0.218 e. The Labute approximate surface area is 101 Å². The minimum atomic E-state index is -0.324. The standard InChI is InChI=1S/C14H16N2O/c1-13(2)9-17-12(16-13)14(3)11(15-14)10-7-5-4-6-8-10/h4-8H,9H2,1-3H3. The monoisotopic (exact) mass is 228 g/mol. The summed E-state index contributed by atoms with van der Waals surface area (Å²) >= 11 is 0. The Morgan fingerprint density at radius 3 is 2.35 bits per heavy atom. The Bertz CT molecular complexity index is 516. The Morgan fingerprint density at radius 2 is 1.76 bits per heavy atom. The summed E-state index contributed by atoms with van der Waals surface area (Å²) in [5, 5.41) is 0. The average Bonchev–Trinajstić information content (AvgIpc) is 2.86. The van der Waals surface area contributed by atoms with Crippen molar-refractivity contribution in [2.45, 2.75) is 31.8 Å². The second-order valence-electron chi connectivity index (χ2n) is 5.42. The van der Waals surface area contributed by atoms with Crippen LogP contribution in [0.5, 0.6) is 0 Å². The SMILES string of the molecule is CC1(C)COC(C2(C)N=C2c2ccccc2)=N1. The van der Waals surface area contributed by atoms with Gasteiger partial charge in [0, 0.05) is 0 Å². The summed E-state index contributed by atoms with van der Waals surface area (Å²) in [5.74, 6) is 0.765. The molecule has 0 saturated carbocycles. The van der Waals surface area contributed by atoms with E-state index in [-0.39, 0.29) is 11.1 Å². The van der Waals surface area contributed by atoms with Crippen molar-refractivity contribution in [1.29, 1.82) is 0 Å². The first-order valence-electron chi connectivity index (χ1n) is 5.90. The molecule has 2 aliphatic rings. The van der Waals surface area contributed by atoms with Crippen molar-refractivity contribution in [2.24, 2.45) is 9.98 Å². The Hall–Kier alpha value is -1.64. The normalized spacial score (nSPS) is 29.4. The van der Waals surface area contributed by atoms with Crippen molar-refractivity contribution in [2.75, 3.05) is 6.61 Å². The molecule has 2 heterocycles. The molecule has 3 nitrogen and oxygen atoms in total. The van der Waals surface area contributed by atoms with Crippen LogP contribution in [0, 0.1) is 0 Å². The highest BCUT2D eigenvalue weighted by atomic mass is 16.5. The van der Waals surface area contributed by atoms with Crippen molar-refractivity contribution in [3.8, 4) is 0 Å². The van der Waals surface area contributed by atoms with Crippen LogP contribution in [0.2, 0.25) is 0 Å². The van der Waals surface area contributed by atoms with Crippen LogP contribution in [-0.2, 0) is 4.74 Å². The maximum Gasteiger partial charge on any atom is 0.218 e. The molecule has 0 amide bonds. The van der Waals surface area contributed by atoms with Crippen molar-refractivity contribution >= 4 is 11.6 Å². The fourth-order valence-electron chi connectivity index (χ4n) is 2.12. The molecule has 1 unspecified atom stereocenters. The summed E-state index contributed by atoms with van der Waals surface area (Å²) in [5.41, 5.74) is 1.80. The Morgan fingerprint density at radius 1 is 1.06 bits per heavy atom. The van der Waals surface area contributed by atoms with E-state index in [0.717, 1.165) is 17.2 Å². The lowest BCUT2D eigenvalue weighted by atomic mass is 10.00. The molecule has 2 aliphatic heterocycles. The van der Waals surface area contributed by atoms with Crippen LogP contribution in [-0.4, -0.2) is 29.3 Å². The van der Waals surface area contributed by atoms with Gasteiger partial charge in [0.25, 0.3) is 0 Å². The maximum absolute atomic E-state index is 5.68. The zero-order valence-corrected chi connectivity index (χ0v) is 10.4. The van der Waals surface area contributed by atoms with Crippen molar-refractivity contribution in [3.63, 3.8) is 0 Å². The van der Waals surface area contributed by atoms with Crippen LogP contribution in [0.4, 0.5) is 0 Å². The van der Waals surface area contributed by atoms with Gasteiger partial charge in [-0.15, -0.1) is 0 Å². The van der Waals surface area contributed by atoms with Crippen molar-refractivity contribution in [1.82, 2.24) is 0 Å². The molecule has 0 fully saturated rings. The molecule has 0 N–H and O–H groups in total. The van der Waals surface area contributed by atoms with Gasteiger partial charge in [-0.25, -0.2) is 4.99 Å². The fourth-order valence-corrected chi connectivity index (χ4v) is 2.12. The first-order valence-corrected chi connectivity index (χ1v) is 5.90. The molecule has 0 aliphatic carbocycles. The van der Waals surface area contributed by atoms with Gasteiger partial charge in [0.15, 0.2) is 5.54 Å². The molecule has 0 saturated heterocycles. The number of nitrogens with zero attached hydrogens (tertiary/aromatic N) is 2. The number of aliphatic imine (C=N–C) groups is 2. The van der Waals surface area contributed by atoms with Gasteiger partial charge in [-0.1, -0.05) is 30.3 Å². The predicted octanol–water partition coefficient (Wildman–Crippen LogP) is 2.46. The van der Waals surface area contributed by atoms with Crippen molar-refractivity contribution < 1.29 is 4.74 Å². The number of ether oxygens (including phenoxy) is 1. The van der Waals surface area contributed by atoms with Crippen LogP contribution < -0.4 is 0 Å². The quantitative estimate of drug-likeness (QED) is 0.765. The highest BCUT2D eigenvalue weighted by Gasteiger charge is 2.52. The lowest BCUT2D eigenvalue weighted by molar-refractivity contribution is 0.271. The predicted molar refractivity (Wildman–Crippen MR) is 68.9 cm³/mol. The Kier molecular flexibility index (Phi) is 1.97. The molecule has 17 heavy (non-hydrogen) atoms. The summed E-state index contributed by atoms with van der Waals surface area (Å²) < 4.78 is 5.68. The van der Waals surface area contributed by atoms with Crippen LogP contribution in [0.3, 0.4) is 0 Å². The molecule has 88 valence electrons. The van der Waals surface area contributed by atoms with Gasteiger partial charge in [0.1, 0.15) is 6.61 Å². The highest BCUT2D eigenvalue weighted by Crippen LogP contribution is 2.37. The van der Waals surface area contributed by atoms with Gasteiger partial charge < -0.3 is 4.74 Å². The second kappa shape index (κ2) is 3.19. The lowest BCUT2D eigenvalue weighted by Crippen LogP contribution is -2.27. The van der Waals surface area contributed by atoms with E-state index in [1.165, 1.54) is 0 Å². The number of hydrogen-bond donors (Lipinski definition) is 0. The summed E-state index contributed by atoms with van der Waals surface area (Å²) in [6, 6.07) is 10.2. The highest BCUT2D eigenvalue weighted by molar-refractivity contribution is 6.29. The van der Waals surface area contributed by atoms with E-state index in [9.17, 15) is 0 Å². The minimum Gasteiger partial charge on any atom is -0.476 e. The van der Waals surface area contributed by atoms with Crippen LogP contribution in [0.25, 0.3) is 0 Å². The van der Waals surface area contributed by atoms with E-state index in [4.69, 9.17) is 4.74 Å². The number of benzene rings is 1. The molecular formula is C14H16N2O. The van der Waals surface area contributed by atoms with Gasteiger partial charge >= 0.3 is 0 Å². The maximum atomic E-state index is 5.68. The van der Waals surface area contributed by atoms with Gasteiger partial charge in [-0.3, -0.25) is 4.99 Å². The second-order valence-corrected chi connectivity index (χ2v) is 5.42. The molecule has 3 rings (SSSR count). The fraction of sp³-hybridized carbons (Fsp3) is 0.429. The lowest BCUT2D eigenvalue weighted by Gasteiger charge is -2.08. The topological polar surface area (TPSA) is 34.0 Å². The first kappa shape index (κ1) is 10.5. The molecule has 3 heteroatoms. The zero-order chi connectivity index (χ0) is 12.1. The third-order valence-electron chi connectivity index (χ3n) is 3.18. The van der Waals surface area contributed by atoms with E-state index in [1.807, 2.05) is 18.2 Å². The molecule has 0 spiro atoms. The largest absolute Gasteiger partial charge is 0.476 e. The van der Waals surface area contributed by atoms with Gasteiger partial charge in [-0.05, 0) is 26.3 Å². The first-order chi connectivity index (χ1) is 8.01. The third-order valence-corrected chi connectivity index (χ3v) is 3.18.